The van der Waals surface area contributed by atoms with E-state index in [-0.39, 0.29) is 18.1 Å². The van der Waals surface area contributed by atoms with Gasteiger partial charge in [0.25, 0.3) is 5.91 Å². The molecular weight excluding hydrogens is 425 g/mol. The fourth-order valence-electron chi connectivity index (χ4n) is 3.84. The molecule has 1 N–H and O–H groups in total. The van der Waals surface area contributed by atoms with Crippen molar-refractivity contribution in [3.63, 3.8) is 0 Å². The summed E-state index contributed by atoms with van der Waals surface area (Å²) < 4.78 is 19.9. The van der Waals surface area contributed by atoms with Gasteiger partial charge in [-0.15, -0.1) is 0 Å². The molecule has 33 heavy (non-hydrogen) atoms. The summed E-state index contributed by atoms with van der Waals surface area (Å²) in [6, 6.07) is 14.0. The molecule has 2 aromatic carbocycles. The number of esters is 1. The van der Waals surface area contributed by atoms with Crippen LogP contribution in [0.2, 0.25) is 0 Å². The monoisotopic (exact) mass is 447 g/mol. The summed E-state index contributed by atoms with van der Waals surface area (Å²) in [7, 11) is 1.33. The Balaban J connectivity index is 1.59. The predicted molar refractivity (Wildman–Crippen MR) is 120 cm³/mol. The molecule has 4 rings (SSSR count). The Morgan fingerprint density at radius 2 is 1.73 bits per heavy atom. The summed E-state index contributed by atoms with van der Waals surface area (Å²) in [4.78, 5) is 38.0. The van der Waals surface area contributed by atoms with Gasteiger partial charge in [0, 0.05) is 17.1 Å². The molecule has 0 spiro atoms. The number of hydrogen-bond acceptors (Lipinski definition) is 4. The molecule has 0 atom stereocenters. The maximum atomic E-state index is 13.1. The van der Waals surface area contributed by atoms with Crippen LogP contribution in [0.4, 0.5) is 9.18 Å². The lowest BCUT2D eigenvalue weighted by Crippen LogP contribution is -2.30. The first-order valence-corrected chi connectivity index (χ1v) is 10.2. The van der Waals surface area contributed by atoms with Crippen molar-refractivity contribution < 1.29 is 23.5 Å². The van der Waals surface area contributed by atoms with E-state index in [1.54, 1.807) is 18.2 Å². The lowest BCUT2D eigenvalue weighted by atomic mass is 10.2. The number of nitrogens with one attached hydrogen (secondary N) is 1. The van der Waals surface area contributed by atoms with Gasteiger partial charge >= 0.3 is 12.0 Å². The number of aryl methyl sites for hydroxylation is 1. The molecule has 1 aliphatic rings. The molecular formula is C25H22FN3O4. The average Bonchev–Trinajstić information content (AvgIpc) is 3.23. The lowest BCUT2D eigenvalue weighted by molar-refractivity contribution is -0.123. The summed E-state index contributed by atoms with van der Waals surface area (Å²) in [6.07, 6.45) is 1.65. The number of imide groups is 1. The van der Waals surface area contributed by atoms with Crippen molar-refractivity contribution in [2.75, 3.05) is 7.11 Å². The average molecular weight is 447 g/mol. The Kier molecular flexibility index (Phi) is 5.83. The standard InChI is InChI=1S/C25H22FN3O4/c1-15-12-19(16(2)29(15)21-10-6-18(7-11-21)24(31)33-3)13-22-23(30)28(25(32)27-22)14-17-4-8-20(26)9-5-17/h4-13H,14H2,1-3H3,(H,27,32)/b22-13+. The number of hydrogen-bond donors (Lipinski definition) is 1. The van der Waals surface area contributed by atoms with Gasteiger partial charge in [0.05, 0.1) is 19.2 Å². The zero-order valence-electron chi connectivity index (χ0n) is 18.4. The van der Waals surface area contributed by atoms with E-state index in [2.05, 4.69) is 5.32 Å². The van der Waals surface area contributed by atoms with Gasteiger partial charge in [0.2, 0.25) is 0 Å². The second-order valence-electron chi connectivity index (χ2n) is 7.71. The number of amides is 3. The Labute approximate surface area is 190 Å². The highest BCUT2D eigenvalue weighted by atomic mass is 19.1. The third-order valence-corrected chi connectivity index (χ3v) is 5.53. The maximum Gasteiger partial charge on any atom is 0.337 e. The van der Waals surface area contributed by atoms with Crippen molar-refractivity contribution in [2.45, 2.75) is 20.4 Å². The molecule has 0 unspecified atom stereocenters. The van der Waals surface area contributed by atoms with Crippen LogP contribution in [0.15, 0.2) is 60.3 Å². The summed E-state index contributed by atoms with van der Waals surface area (Å²) in [5.74, 6) is -1.24. The van der Waals surface area contributed by atoms with Gasteiger partial charge in [-0.25, -0.2) is 14.0 Å². The van der Waals surface area contributed by atoms with Crippen molar-refractivity contribution in [3.8, 4) is 5.69 Å². The van der Waals surface area contributed by atoms with Crippen molar-refractivity contribution in [1.29, 1.82) is 0 Å². The Morgan fingerprint density at radius 1 is 1.06 bits per heavy atom. The fraction of sp³-hybridized carbons (Fsp3) is 0.160. The van der Waals surface area contributed by atoms with Gasteiger partial charge in [-0.2, -0.15) is 0 Å². The molecule has 0 bridgehead atoms. The number of ether oxygens (including phenoxy) is 1. The molecule has 0 radical (unpaired) electrons. The van der Waals surface area contributed by atoms with Gasteiger partial charge < -0.3 is 14.6 Å². The van der Waals surface area contributed by atoms with E-state index < -0.39 is 17.9 Å². The number of rotatable bonds is 5. The van der Waals surface area contributed by atoms with Crippen LogP contribution in [0.3, 0.4) is 0 Å². The highest BCUT2D eigenvalue weighted by Gasteiger charge is 2.33. The molecule has 1 aliphatic heterocycles. The second kappa shape index (κ2) is 8.74. The number of halogens is 1. The van der Waals surface area contributed by atoms with Crippen LogP contribution >= 0.6 is 0 Å². The van der Waals surface area contributed by atoms with Crippen LogP contribution in [0, 0.1) is 19.7 Å². The maximum absolute atomic E-state index is 13.1. The summed E-state index contributed by atoms with van der Waals surface area (Å²) in [5.41, 5.74) is 4.68. The van der Waals surface area contributed by atoms with Crippen LogP contribution in [-0.2, 0) is 16.1 Å². The van der Waals surface area contributed by atoms with Gasteiger partial charge in [0.15, 0.2) is 0 Å². The van der Waals surface area contributed by atoms with Crippen molar-refractivity contribution >= 4 is 24.0 Å². The van der Waals surface area contributed by atoms with E-state index >= 15 is 0 Å². The molecule has 0 saturated carbocycles. The number of methoxy groups -OCH3 is 1. The first-order chi connectivity index (χ1) is 15.8. The van der Waals surface area contributed by atoms with Crippen molar-refractivity contribution in [2.24, 2.45) is 0 Å². The lowest BCUT2D eigenvalue weighted by Gasteiger charge is -2.11. The van der Waals surface area contributed by atoms with Crippen molar-refractivity contribution in [3.05, 3.63) is 94.2 Å². The molecule has 1 fully saturated rings. The van der Waals surface area contributed by atoms with E-state index in [4.69, 9.17) is 4.74 Å². The third-order valence-electron chi connectivity index (χ3n) is 5.53. The Hall–Kier alpha value is -4.20. The number of carbonyl (C=O) groups is 3. The normalized spacial score (nSPS) is 14.7. The smallest absolute Gasteiger partial charge is 0.337 e. The van der Waals surface area contributed by atoms with Crippen molar-refractivity contribution in [1.82, 2.24) is 14.8 Å². The Morgan fingerprint density at radius 3 is 2.36 bits per heavy atom. The SMILES string of the molecule is COC(=O)c1ccc(-n2c(C)cc(/C=C3/NC(=O)N(Cc4ccc(F)cc4)C3=O)c2C)cc1. The van der Waals surface area contributed by atoms with Gasteiger partial charge in [-0.3, -0.25) is 9.69 Å². The predicted octanol–water partition coefficient (Wildman–Crippen LogP) is 4.11. The van der Waals surface area contributed by atoms with Crippen LogP contribution in [0.1, 0.15) is 32.9 Å². The third kappa shape index (κ3) is 4.27. The number of carbonyl (C=O) groups excluding carboxylic acids is 3. The van der Waals surface area contributed by atoms with Crippen LogP contribution in [0.5, 0.6) is 0 Å². The molecule has 7 nitrogen and oxygen atoms in total. The molecule has 168 valence electrons. The van der Waals surface area contributed by atoms with E-state index in [0.29, 0.717) is 11.1 Å². The Bertz CT molecular complexity index is 1270. The quantitative estimate of drug-likeness (QED) is 0.363. The summed E-state index contributed by atoms with van der Waals surface area (Å²) >= 11 is 0. The number of nitrogens with zero attached hydrogens (tertiary/aromatic N) is 2. The van der Waals surface area contributed by atoms with Crippen LogP contribution in [-0.4, -0.2) is 34.5 Å². The first kappa shape index (κ1) is 22.0. The molecule has 1 saturated heterocycles. The minimum Gasteiger partial charge on any atom is -0.465 e. The molecule has 1 aromatic heterocycles. The molecule has 0 aliphatic carbocycles. The number of aromatic nitrogens is 1. The number of benzene rings is 2. The van der Waals surface area contributed by atoms with E-state index in [1.165, 1.54) is 31.4 Å². The first-order valence-electron chi connectivity index (χ1n) is 10.2. The van der Waals surface area contributed by atoms with E-state index in [1.807, 2.05) is 36.6 Å². The summed E-state index contributed by atoms with van der Waals surface area (Å²) in [5, 5.41) is 2.62. The molecule has 8 heteroatoms. The van der Waals surface area contributed by atoms with E-state index in [9.17, 15) is 18.8 Å². The molecule has 3 aromatic rings. The highest BCUT2D eigenvalue weighted by Crippen LogP contribution is 2.25. The topological polar surface area (TPSA) is 80.6 Å². The summed E-state index contributed by atoms with van der Waals surface area (Å²) in [6.45, 7) is 3.89. The van der Waals surface area contributed by atoms with Crippen LogP contribution < -0.4 is 5.32 Å². The zero-order valence-corrected chi connectivity index (χ0v) is 18.4. The van der Waals surface area contributed by atoms with Crippen LogP contribution in [0.25, 0.3) is 11.8 Å². The number of urea groups is 1. The second-order valence-corrected chi connectivity index (χ2v) is 7.71. The highest BCUT2D eigenvalue weighted by molar-refractivity contribution is 6.14. The minimum atomic E-state index is -0.525. The fourth-order valence-corrected chi connectivity index (χ4v) is 3.84. The van der Waals surface area contributed by atoms with Gasteiger partial charge in [-0.1, -0.05) is 12.1 Å². The van der Waals surface area contributed by atoms with Gasteiger partial charge in [-0.05, 0) is 73.5 Å². The minimum absolute atomic E-state index is 0.0495. The zero-order chi connectivity index (χ0) is 23.7. The largest absolute Gasteiger partial charge is 0.465 e. The van der Waals surface area contributed by atoms with E-state index in [0.717, 1.165) is 27.5 Å². The molecule has 3 amide bonds. The van der Waals surface area contributed by atoms with Gasteiger partial charge in [0.1, 0.15) is 11.5 Å². The molecule has 2 heterocycles.